The van der Waals surface area contributed by atoms with Crippen LogP contribution in [0.15, 0.2) is 57.9 Å². The molecule has 0 aliphatic carbocycles. The maximum atomic E-state index is 12.8. The van der Waals surface area contributed by atoms with E-state index in [1.165, 1.54) is 5.56 Å². The molecule has 1 heterocycles. The molecule has 0 aliphatic rings. The number of hydrogen-bond acceptors (Lipinski definition) is 3. The normalized spacial score (nSPS) is 11.6. The fourth-order valence-corrected chi connectivity index (χ4v) is 3.52. The lowest BCUT2D eigenvalue weighted by atomic mass is 9.87. The van der Waals surface area contributed by atoms with Crippen LogP contribution in [0.4, 0.5) is 0 Å². The van der Waals surface area contributed by atoms with E-state index in [1.807, 2.05) is 16.7 Å². The second-order valence-corrected chi connectivity index (χ2v) is 8.74. The van der Waals surface area contributed by atoms with E-state index in [1.54, 1.807) is 19.2 Å². The monoisotopic (exact) mass is 441 g/mol. The smallest absolute Gasteiger partial charge is 0.343 e. The first-order chi connectivity index (χ1) is 13.2. The van der Waals surface area contributed by atoms with E-state index in [2.05, 4.69) is 61.0 Å². The highest BCUT2D eigenvalue weighted by Crippen LogP contribution is 2.23. The van der Waals surface area contributed by atoms with Gasteiger partial charge in [0.1, 0.15) is 5.56 Å². The van der Waals surface area contributed by atoms with Gasteiger partial charge in [-0.1, -0.05) is 61.0 Å². The summed E-state index contributed by atoms with van der Waals surface area (Å²) in [5.74, 6) is -0.591. The van der Waals surface area contributed by atoms with Crippen molar-refractivity contribution in [3.05, 3.63) is 80.0 Å². The third-order valence-electron chi connectivity index (χ3n) is 4.71. The summed E-state index contributed by atoms with van der Waals surface area (Å²) in [5.41, 5.74) is 2.97. The fourth-order valence-electron chi connectivity index (χ4n) is 3.16. The molecule has 0 amide bonds. The molecule has 3 rings (SSSR count). The number of ether oxygens (including phenoxy) is 1. The Kier molecular flexibility index (Phi) is 5.75. The summed E-state index contributed by atoms with van der Waals surface area (Å²) in [5, 5.41) is 0.492. The van der Waals surface area contributed by atoms with Gasteiger partial charge in [0.2, 0.25) is 5.43 Å². The Morgan fingerprint density at radius 3 is 2.39 bits per heavy atom. The quantitative estimate of drug-likeness (QED) is 0.516. The molecule has 0 aliphatic heterocycles. The van der Waals surface area contributed by atoms with E-state index in [0.717, 1.165) is 15.6 Å². The van der Waals surface area contributed by atoms with Gasteiger partial charge >= 0.3 is 5.97 Å². The third-order valence-corrected chi connectivity index (χ3v) is 5.20. The molecule has 0 saturated carbocycles. The summed E-state index contributed by atoms with van der Waals surface area (Å²) in [6, 6.07) is 14.0. The third kappa shape index (κ3) is 4.20. The number of hydrogen-bond donors (Lipinski definition) is 0. The molecule has 0 radical (unpaired) electrons. The van der Waals surface area contributed by atoms with E-state index in [-0.39, 0.29) is 23.0 Å². The lowest BCUT2D eigenvalue weighted by molar-refractivity contribution is 0.0524. The van der Waals surface area contributed by atoms with Gasteiger partial charge in [-0.3, -0.25) is 4.79 Å². The van der Waals surface area contributed by atoms with Crippen molar-refractivity contribution >= 4 is 32.8 Å². The van der Waals surface area contributed by atoms with Gasteiger partial charge in [-0.2, -0.15) is 0 Å². The summed E-state index contributed by atoms with van der Waals surface area (Å²) in [7, 11) is 0. The second kappa shape index (κ2) is 7.92. The molecule has 0 spiro atoms. The zero-order valence-corrected chi connectivity index (χ0v) is 18.2. The van der Waals surface area contributed by atoms with Gasteiger partial charge in [0.15, 0.2) is 0 Å². The lowest BCUT2D eigenvalue weighted by Gasteiger charge is -2.19. The maximum Gasteiger partial charge on any atom is 0.343 e. The van der Waals surface area contributed by atoms with Crippen LogP contribution >= 0.6 is 15.9 Å². The Hall–Kier alpha value is -2.40. The molecule has 3 aromatic rings. The van der Waals surface area contributed by atoms with Gasteiger partial charge < -0.3 is 9.30 Å². The van der Waals surface area contributed by atoms with Crippen molar-refractivity contribution in [1.82, 2.24) is 4.57 Å². The molecule has 28 heavy (non-hydrogen) atoms. The molecule has 146 valence electrons. The summed E-state index contributed by atoms with van der Waals surface area (Å²) in [6.07, 6.45) is 1.61. The Labute approximate surface area is 173 Å². The first-order valence-corrected chi connectivity index (χ1v) is 10.1. The Morgan fingerprint density at radius 1 is 1.11 bits per heavy atom. The van der Waals surface area contributed by atoms with E-state index in [9.17, 15) is 9.59 Å². The van der Waals surface area contributed by atoms with Crippen molar-refractivity contribution in [3.8, 4) is 0 Å². The molecule has 0 N–H and O–H groups in total. The SMILES string of the molecule is CCOC(=O)c1cn(Cc2ccc(C(C)(C)C)cc2)c2ccc(Br)cc2c1=O. The van der Waals surface area contributed by atoms with Gasteiger partial charge in [-0.15, -0.1) is 0 Å². The first kappa shape index (κ1) is 20.3. The van der Waals surface area contributed by atoms with Crippen LogP contribution in [0.3, 0.4) is 0 Å². The molecular weight excluding hydrogens is 418 g/mol. The highest BCUT2D eigenvalue weighted by Gasteiger charge is 2.17. The van der Waals surface area contributed by atoms with E-state index >= 15 is 0 Å². The van der Waals surface area contributed by atoms with Gasteiger partial charge in [-0.05, 0) is 41.7 Å². The average Bonchev–Trinajstić information content (AvgIpc) is 2.64. The van der Waals surface area contributed by atoms with Crippen LogP contribution in [0.2, 0.25) is 0 Å². The summed E-state index contributed by atoms with van der Waals surface area (Å²) >= 11 is 3.41. The highest BCUT2D eigenvalue weighted by atomic mass is 79.9. The first-order valence-electron chi connectivity index (χ1n) is 9.30. The molecule has 0 saturated heterocycles. The molecule has 0 fully saturated rings. The minimum atomic E-state index is -0.591. The average molecular weight is 442 g/mol. The Balaban J connectivity index is 2.10. The zero-order valence-electron chi connectivity index (χ0n) is 16.6. The van der Waals surface area contributed by atoms with Crippen LogP contribution in [0.25, 0.3) is 10.9 Å². The van der Waals surface area contributed by atoms with Gasteiger partial charge in [0.25, 0.3) is 0 Å². The van der Waals surface area contributed by atoms with E-state index in [4.69, 9.17) is 4.74 Å². The van der Waals surface area contributed by atoms with Crippen LogP contribution in [0, 0.1) is 0 Å². The molecule has 0 unspecified atom stereocenters. The number of esters is 1. The fraction of sp³-hybridized carbons (Fsp3) is 0.304. The van der Waals surface area contributed by atoms with Crippen molar-refractivity contribution in [1.29, 1.82) is 0 Å². The summed E-state index contributed by atoms with van der Waals surface area (Å²) in [4.78, 5) is 25.1. The van der Waals surface area contributed by atoms with Crippen molar-refractivity contribution in [2.45, 2.75) is 39.7 Å². The van der Waals surface area contributed by atoms with E-state index < -0.39 is 5.97 Å². The minimum Gasteiger partial charge on any atom is -0.462 e. The largest absolute Gasteiger partial charge is 0.462 e. The molecule has 1 aromatic heterocycles. The van der Waals surface area contributed by atoms with Crippen LogP contribution in [0.1, 0.15) is 49.2 Å². The summed E-state index contributed by atoms with van der Waals surface area (Å²) < 4.78 is 7.81. The molecule has 0 bridgehead atoms. The van der Waals surface area contributed by atoms with Crippen LogP contribution in [-0.2, 0) is 16.7 Å². The molecule has 4 nitrogen and oxygen atoms in total. The Morgan fingerprint density at radius 2 is 1.79 bits per heavy atom. The number of halogens is 1. The number of benzene rings is 2. The van der Waals surface area contributed by atoms with Crippen LogP contribution in [0.5, 0.6) is 0 Å². The predicted octanol–water partition coefficient (Wildman–Crippen LogP) is 5.29. The molecule has 5 heteroatoms. The number of fused-ring (bicyclic) bond motifs is 1. The van der Waals surface area contributed by atoms with Gasteiger partial charge in [0, 0.05) is 22.6 Å². The number of carbonyl (C=O) groups excluding carboxylic acids is 1. The molecular formula is C23H24BrNO3. The minimum absolute atomic E-state index is 0.0544. The molecule has 0 atom stereocenters. The topological polar surface area (TPSA) is 48.3 Å². The number of carbonyl (C=O) groups is 1. The van der Waals surface area contributed by atoms with Crippen molar-refractivity contribution < 1.29 is 9.53 Å². The second-order valence-electron chi connectivity index (χ2n) is 7.83. The van der Waals surface area contributed by atoms with Crippen LogP contribution < -0.4 is 5.43 Å². The van der Waals surface area contributed by atoms with E-state index in [0.29, 0.717) is 11.9 Å². The number of nitrogens with zero attached hydrogens (tertiary/aromatic N) is 1. The highest BCUT2D eigenvalue weighted by molar-refractivity contribution is 9.10. The number of pyridine rings is 1. The van der Waals surface area contributed by atoms with Gasteiger partial charge in [0.05, 0.1) is 12.1 Å². The standard InChI is InChI=1S/C23H24BrNO3/c1-5-28-22(27)19-14-25(20-11-10-17(24)12-18(20)21(19)26)13-15-6-8-16(9-7-15)23(2,3)4/h6-12,14H,5,13H2,1-4H3. The zero-order chi connectivity index (χ0) is 20.5. The maximum absolute atomic E-state index is 12.8. The van der Waals surface area contributed by atoms with Crippen molar-refractivity contribution in [2.75, 3.05) is 6.61 Å². The number of rotatable bonds is 4. The van der Waals surface area contributed by atoms with Crippen molar-refractivity contribution in [2.24, 2.45) is 0 Å². The van der Waals surface area contributed by atoms with Gasteiger partial charge in [-0.25, -0.2) is 4.79 Å². The summed E-state index contributed by atoms with van der Waals surface area (Å²) in [6.45, 7) is 9.05. The predicted molar refractivity (Wildman–Crippen MR) is 116 cm³/mol. The van der Waals surface area contributed by atoms with Crippen LogP contribution in [-0.4, -0.2) is 17.1 Å². The Bertz CT molecular complexity index is 1080. The number of aromatic nitrogens is 1. The lowest BCUT2D eigenvalue weighted by Crippen LogP contribution is -2.21. The van der Waals surface area contributed by atoms with Crippen molar-refractivity contribution in [3.63, 3.8) is 0 Å². The molecule has 2 aromatic carbocycles.